The maximum Gasteiger partial charge on any atom is 0.434 e. The van der Waals surface area contributed by atoms with Crippen molar-refractivity contribution in [3.8, 4) is 40.0 Å². The van der Waals surface area contributed by atoms with Gasteiger partial charge in [-0.15, -0.1) is 10.2 Å². The average Bonchev–Trinajstić information content (AvgIpc) is 4.02. The molecule has 0 aliphatic heterocycles. The van der Waals surface area contributed by atoms with Crippen molar-refractivity contribution in [1.82, 2.24) is 48.8 Å². The van der Waals surface area contributed by atoms with E-state index in [4.69, 9.17) is 9.72 Å². The van der Waals surface area contributed by atoms with Crippen LogP contribution in [0, 0.1) is 6.92 Å². The highest BCUT2D eigenvalue weighted by molar-refractivity contribution is 5.82. The molecule has 5 aromatic heterocycles. The molecule has 8 rings (SSSR count). The van der Waals surface area contributed by atoms with Crippen LogP contribution in [0.15, 0.2) is 53.8 Å². The molecule has 2 fully saturated rings. The summed E-state index contributed by atoms with van der Waals surface area (Å²) in [6, 6.07) is 8.74. The molecule has 12 nitrogen and oxygen atoms in total. The normalized spacial score (nSPS) is 15.0. The molecular formula is C33H29F3N10O2. The minimum Gasteiger partial charge on any atom is -0.480 e. The van der Waals surface area contributed by atoms with Crippen LogP contribution in [0.25, 0.3) is 45.2 Å². The fourth-order valence-electron chi connectivity index (χ4n) is 5.96. The van der Waals surface area contributed by atoms with Gasteiger partial charge in [0.05, 0.1) is 24.9 Å². The molecule has 15 heteroatoms. The lowest BCUT2D eigenvalue weighted by Gasteiger charge is -2.15. The first-order valence-electron chi connectivity index (χ1n) is 15.5. The number of hydrogen-bond acceptors (Lipinski definition) is 9. The Kier molecular flexibility index (Phi) is 6.89. The Labute approximate surface area is 271 Å². The number of rotatable bonds is 8. The van der Waals surface area contributed by atoms with Crippen LogP contribution in [0.1, 0.15) is 60.4 Å². The first-order valence-corrected chi connectivity index (χ1v) is 15.5. The highest BCUT2D eigenvalue weighted by Gasteiger charge is 2.37. The van der Waals surface area contributed by atoms with Gasteiger partial charge in [-0.2, -0.15) is 13.2 Å². The van der Waals surface area contributed by atoms with Gasteiger partial charge < -0.3 is 13.9 Å². The molecule has 0 N–H and O–H groups in total. The quantitative estimate of drug-likeness (QED) is 0.209. The Hall–Kier alpha value is -5.47. The molecule has 0 unspecified atom stereocenters. The van der Waals surface area contributed by atoms with Crippen LogP contribution in [0.5, 0.6) is 5.88 Å². The fraction of sp³-hybridized carbons (Fsp3) is 0.333. The highest BCUT2D eigenvalue weighted by Crippen LogP contribution is 2.45. The summed E-state index contributed by atoms with van der Waals surface area (Å²) >= 11 is 0. The summed E-state index contributed by atoms with van der Waals surface area (Å²) in [5.74, 6) is 2.23. The average molecular weight is 655 g/mol. The smallest absolute Gasteiger partial charge is 0.434 e. The summed E-state index contributed by atoms with van der Waals surface area (Å²) in [7, 11) is 3.31. The summed E-state index contributed by atoms with van der Waals surface area (Å²) in [5.41, 5.74) is 2.11. The molecule has 0 spiro atoms. The van der Waals surface area contributed by atoms with Gasteiger partial charge >= 0.3 is 6.18 Å². The van der Waals surface area contributed by atoms with Crippen molar-refractivity contribution in [2.24, 2.45) is 7.05 Å². The van der Waals surface area contributed by atoms with Crippen molar-refractivity contribution < 1.29 is 17.9 Å². The molecule has 0 amide bonds. The third-order valence-electron chi connectivity index (χ3n) is 8.90. The molecule has 0 atom stereocenters. The van der Waals surface area contributed by atoms with Crippen LogP contribution < -0.4 is 10.3 Å². The van der Waals surface area contributed by atoms with Crippen molar-refractivity contribution in [1.29, 1.82) is 0 Å². The van der Waals surface area contributed by atoms with Gasteiger partial charge in [0.2, 0.25) is 5.88 Å². The topological polar surface area (TPSA) is 131 Å². The van der Waals surface area contributed by atoms with Crippen LogP contribution in [-0.4, -0.2) is 55.9 Å². The Bertz CT molecular complexity index is 2270. The largest absolute Gasteiger partial charge is 0.480 e. The van der Waals surface area contributed by atoms with Crippen molar-refractivity contribution in [2.75, 3.05) is 7.11 Å². The zero-order valence-electron chi connectivity index (χ0n) is 26.2. The predicted octanol–water partition coefficient (Wildman–Crippen LogP) is 5.50. The number of benzene rings is 1. The monoisotopic (exact) mass is 654 g/mol. The second-order valence-electron chi connectivity index (χ2n) is 12.3. The molecule has 2 aliphatic carbocycles. The number of ether oxygens (including phenoxy) is 1. The van der Waals surface area contributed by atoms with Gasteiger partial charge in [0.15, 0.2) is 17.3 Å². The molecule has 2 saturated carbocycles. The second kappa shape index (κ2) is 11.1. The third kappa shape index (κ3) is 5.18. The predicted molar refractivity (Wildman–Crippen MR) is 168 cm³/mol. The number of imidazole rings is 1. The van der Waals surface area contributed by atoms with Gasteiger partial charge in [-0.1, -0.05) is 24.3 Å². The Morgan fingerprint density at radius 2 is 1.75 bits per heavy atom. The van der Waals surface area contributed by atoms with Crippen LogP contribution in [0.2, 0.25) is 0 Å². The number of pyridine rings is 1. The van der Waals surface area contributed by atoms with E-state index in [0.29, 0.717) is 51.1 Å². The van der Waals surface area contributed by atoms with Gasteiger partial charge in [-0.3, -0.25) is 9.36 Å². The van der Waals surface area contributed by atoms with Gasteiger partial charge in [0.1, 0.15) is 29.2 Å². The molecular weight excluding hydrogens is 625 g/mol. The number of halogens is 3. The van der Waals surface area contributed by atoms with Crippen LogP contribution >= 0.6 is 0 Å². The number of alkyl halides is 3. The fourth-order valence-corrected chi connectivity index (χ4v) is 5.96. The van der Waals surface area contributed by atoms with E-state index < -0.39 is 11.9 Å². The third-order valence-corrected chi connectivity index (χ3v) is 8.90. The summed E-state index contributed by atoms with van der Waals surface area (Å²) in [4.78, 5) is 36.6. The van der Waals surface area contributed by atoms with Crippen molar-refractivity contribution in [3.05, 3.63) is 82.2 Å². The molecule has 0 bridgehead atoms. The van der Waals surface area contributed by atoms with Crippen molar-refractivity contribution in [2.45, 2.75) is 57.3 Å². The minimum atomic E-state index is -4.54. The standard InChI is InChI=1S/C33H29F3N10O2/c1-17-42-43-30(44(17)2)23-12-21-13-37-27(25-26(19-8-9-19)38-16-39-31(25)48-3)41-29(21)46(32(23)47)14-18-4-6-20(7-5-18)28-40-24(33(34,35)36)15-45(28)22-10-11-22/h4-7,12-13,15-16,19,22H,8-11,14H2,1-3H3. The number of aryl methyl sites for hydroxylation is 1. The van der Waals surface area contributed by atoms with Gasteiger partial charge in [0, 0.05) is 42.4 Å². The Morgan fingerprint density at radius 1 is 0.979 bits per heavy atom. The lowest BCUT2D eigenvalue weighted by Crippen LogP contribution is -2.24. The van der Waals surface area contributed by atoms with Crippen LogP contribution in [-0.2, 0) is 19.8 Å². The summed E-state index contributed by atoms with van der Waals surface area (Å²) in [6.07, 6.45) is 3.26. The number of fused-ring (bicyclic) bond motifs is 1. The molecule has 2 aliphatic rings. The molecule has 0 radical (unpaired) electrons. The Balaban J connectivity index is 1.25. The first-order chi connectivity index (χ1) is 23.1. The molecule has 0 saturated heterocycles. The zero-order chi connectivity index (χ0) is 33.3. The van der Waals surface area contributed by atoms with Crippen LogP contribution in [0.4, 0.5) is 13.2 Å². The number of aromatic nitrogens is 10. The van der Waals surface area contributed by atoms with Gasteiger partial charge in [-0.05, 0) is 44.2 Å². The van der Waals surface area contributed by atoms with E-state index in [1.807, 2.05) is 0 Å². The molecule has 244 valence electrons. The zero-order valence-corrected chi connectivity index (χ0v) is 26.2. The highest BCUT2D eigenvalue weighted by atomic mass is 19.4. The number of methoxy groups -OCH3 is 1. The summed E-state index contributed by atoms with van der Waals surface area (Å²) in [5, 5.41) is 8.99. The number of nitrogens with zero attached hydrogens (tertiary/aromatic N) is 10. The minimum absolute atomic E-state index is 0.00292. The summed E-state index contributed by atoms with van der Waals surface area (Å²) < 4.78 is 51.1. The van der Waals surface area contributed by atoms with Crippen LogP contribution in [0.3, 0.4) is 0 Å². The van der Waals surface area contributed by atoms with E-state index in [1.54, 1.807) is 64.2 Å². The number of hydrogen-bond donors (Lipinski definition) is 0. The van der Waals surface area contributed by atoms with Crippen molar-refractivity contribution in [3.63, 3.8) is 0 Å². The first kappa shape index (κ1) is 29.9. The van der Waals surface area contributed by atoms with E-state index in [2.05, 4.69) is 30.1 Å². The SMILES string of the molecule is COc1ncnc(C2CC2)c1-c1ncc2cc(-c3nnc(C)n3C)c(=O)n(Cc3ccc(-c4nc(C(F)(F)F)cn4C4CC4)cc3)c2n1. The maximum absolute atomic E-state index is 14.3. The Morgan fingerprint density at radius 3 is 2.40 bits per heavy atom. The van der Waals surface area contributed by atoms with Crippen molar-refractivity contribution >= 4 is 11.0 Å². The summed E-state index contributed by atoms with van der Waals surface area (Å²) in [6.45, 7) is 1.91. The maximum atomic E-state index is 14.3. The second-order valence-corrected chi connectivity index (χ2v) is 12.3. The molecule has 48 heavy (non-hydrogen) atoms. The van der Waals surface area contributed by atoms with E-state index in [-0.39, 0.29) is 29.9 Å². The molecule has 6 aromatic rings. The molecule has 1 aromatic carbocycles. The lowest BCUT2D eigenvalue weighted by atomic mass is 10.1. The molecule has 5 heterocycles. The van der Waals surface area contributed by atoms with Gasteiger partial charge in [-0.25, -0.2) is 24.9 Å². The van der Waals surface area contributed by atoms with Gasteiger partial charge in [0.25, 0.3) is 5.56 Å². The van der Waals surface area contributed by atoms with E-state index >= 15 is 0 Å². The lowest BCUT2D eigenvalue weighted by molar-refractivity contribution is -0.140. The van der Waals surface area contributed by atoms with E-state index in [0.717, 1.165) is 43.1 Å². The van der Waals surface area contributed by atoms with E-state index in [9.17, 15) is 18.0 Å². The van der Waals surface area contributed by atoms with E-state index in [1.165, 1.54) is 13.4 Å².